The molecule has 176 valence electrons. The maximum Gasteiger partial charge on any atom is 0.250 e. The molecule has 3 heterocycles. The van der Waals surface area contributed by atoms with Gasteiger partial charge >= 0.3 is 0 Å². The van der Waals surface area contributed by atoms with Crippen molar-refractivity contribution in [2.24, 2.45) is 5.41 Å². The number of rotatable bonds is 4. The van der Waals surface area contributed by atoms with Gasteiger partial charge in [0.15, 0.2) is 5.78 Å². The van der Waals surface area contributed by atoms with Crippen LogP contribution >= 0.6 is 0 Å². The molecule has 1 saturated carbocycles. The minimum Gasteiger partial charge on any atom is -0.293 e. The van der Waals surface area contributed by atoms with E-state index >= 15 is 0 Å². The summed E-state index contributed by atoms with van der Waals surface area (Å²) in [7, 11) is 0. The molecule has 1 aromatic carbocycles. The van der Waals surface area contributed by atoms with E-state index in [-0.39, 0.29) is 28.4 Å². The van der Waals surface area contributed by atoms with Gasteiger partial charge < -0.3 is 0 Å². The Hall–Kier alpha value is -3.88. The Labute approximate surface area is 200 Å². The molecule has 0 saturated heterocycles. The third-order valence-electron chi connectivity index (χ3n) is 7.84. The van der Waals surface area contributed by atoms with E-state index in [4.69, 9.17) is 4.98 Å². The Morgan fingerprint density at radius 2 is 1.89 bits per heavy atom. The van der Waals surface area contributed by atoms with Gasteiger partial charge in [0.1, 0.15) is 17.3 Å². The summed E-state index contributed by atoms with van der Waals surface area (Å²) >= 11 is 0. The second-order valence-corrected chi connectivity index (χ2v) is 9.79. The molecular formula is C26H22F2N6O. The highest BCUT2D eigenvalue weighted by molar-refractivity contribution is 5.91. The average molecular weight is 472 g/mol. The fourth-order valence-electron chi connectivity index (χ4n) is 6.08. The Morgan fingerprint density at radius 3 is 2.60 bits per heavy atom. The van der Waals surface area contributed by atoms with E-state index in [2.05, 4.69) is 34.1 Å². The molecule has 0 radical (unpaired) electrons. The molecule has 0 aliphatic heterocycles. The van der Waals surface area contributed by atoms with E-state index in [0.717, 1.165) is 29.8 Å². The monoisotopic (exact) mass is 472 g/mol. The van der Waals surface area contributed by atoms with Crippen molar-refractivity contribution >= 4 is 5.78 Å². The standard InChI is InChI=1S/C26H22F2N6O/c1-14(35)19-9-12-34(33-19)24-29-11-8-21(30-24)26-10-7-16(25(26,2)3)15-13-20(31-32-23(15)26)22-17(27)5-4-6-18(22)28/h4-6,8-9,11-13,16H,7,10H2,1-3H3/t16-,26-/m0/s1. The molecule has 0 amide bonds. The van der Waals surface area contributed by atoms with Crippen molar-refractivity contribution in [3.63, 3.8) is 0 Å². The van der Waals surface area contributed by atoms with Crippen LogP contribution in [0.15, 0.2) is 48.8 Å². The van der Waals surface area contributed by atoms with Gasteiger partial charge in [0, 0.05) is 19.3 Å². The molecule has 9 heteroatoms. The highest BCUT2D eigenvalue weighted by Crippen LogP contribution is 2.69. The van der Waals surface area contributed by atoms with Crippen molar-refractivity contribution in [1.29, 1.82) is 0 Å². The third kappa shape index (κ3) is 2.87. The van der Waals surface area contributed by atoms with Gasteiger partial charge in [-0.1, -0.05) is 19.9 Å². The zero-order valence-corrected chi connectivity index (χ0v) is 19.5. The Morgan fingerprint density at radius 1 is 1.11 bits per heavy atom. The van der Waals surface area contributed by atoms with Crippen molar-refractivity contribution in [3.05, 3.63) is 83.1 Å². The lowest BCUT2D eigenvalue weighted by Gasteiger charge is -2.37. The highest BCUT2D eigenvalue weighted by Gasteiger charge is 2.65. The zero-order valence-electron chi connectivity index (χ0n) is 19.5. The number of hydrogen-bond donors (Lipinski definition) is 0. The van der Waals surface area contributed by atoms with E-state index < -0.39 is 17.0 Å². The summed E-state index contributed by atoms with van der Waals surface area (Å²) in [5.74, 6) is -0.980. The molecule has 0 N–H and O–H groups in total. The summed E-state index contributed by atoms with van der Waals surface area (Å²) in [4.78, 5) is 20.9. The summed E-state index contributed by atoms with van der Waals surface area (Å²) in [6.07, 6.45) is 5.04. The maximum absolute atomic E-state index is 14.5. The van der Waals surface area contributed by atoms with E-state index in [1.807, 2.05) is 6.07 Å². The zero-order chi connectivity index (χ0) is 24.5. The smallest absolute Gasteiger partial charge is 0.250 e. The summed E-state index contributed by atoms with van der Waals surface area (Å²) in [5, 5.41) is 13.1. The van der Waals surface area contributed by atoms with Crippen LogP contribution in [0.2, 0.25) is 0 Å². The fraction of sp³-hybridized carbons (Fsp3) is 0.308. The largest absolute Gasteiger partial charge is 0.293 e. The summed E-state index contributed by atoms with van der Waals surface area (Å²) < 4.78 is 30.4. The first-order valence-electron chi connectivity index (χ1n) is 11.5. The van der Waals surface area contributed by atoms with Crippen LogP contribution in [-0.4, -0.2) is 35.7 Å². The lowest BCUT2D eigenvalue weighted by Crippen LogP contribution is -2.38. The van der Waals surface area contributed by atoms with Gasteiger partial charge in [-0.25, -0.2) is 23.4 Å². The molecule has 0 spiro atoms. The van der Waals surface area contributed by atoms with E-state index in [9.17, 15) is 13.6 Å². The Bertz CT molecular complexity index is 1490. The topological polar surface area (TPSA) is 86.5 Å². The van der Waals surface area contributed by atoms with Crippen LogP contribution in [0.1, 0.15) is 67.0 Å². The van der Waals surface area contributed by atoms with Crippen LogP contribution in [0, 0.1) is 17.0 Å². The molecule has 2 bridgehead atoms. The minimum absolute atomic E-state index is 0.133. The average Bonchev–Trinajstić information content (AvgIpc) is 3.48. The fourth-order valence-corrected chi connectivity index (χ4v) is 6.08. The van der Waals surface area contributed by atoms with Gasteiger partial charge in [-0.3, -0.25) is 4.79 Å². The molecule has 7 nitrogen and oxygen atoms in total. The van der Waals surface area contributed by atoms with Crippen molar-refractivity contribution in [1.82, 2.24) is 29.9 Å². The van der Waals surface area contributed by atoms with Gasteiger partial charge in [0.2, 0.25) is 0 Å². The number of carbonyl (C=O) groups is 1. The predicted octanol–water partition coefficient (Wildman–Crippen LogP) is 4.80. The maximum atomic E-state index is 14.5. The van der Waals surface area contributed by atoms with Crippen LogP contribution in [0.5, 0.6) is 0 Å². The molecule has 2 aliphatic rings. The number of nitrogens with zero attached hydrogens (tertiary/aromatic N) is 6. The molecule has 6 rings (SSSR count). The second kappa shape index (κ2) is 7.31. The normalized spacial score (nSPS) is 21.8. The van der Waals surface area contributed by atoms with Crippen molar-refractivity contribution < 1.29 is 13.6 Å². The number of halogens is 2. The molecular weight excluding hydrogens is 450 g/mol. The van der Waals surface area contributed by atoms with Gasteiger partial charge in [0.25, 0.3) is 5.95 Å². The number of hydrogen-bond acceptors (Lipinski definition) is 6. The minimum atomic E-state index is -0.666. The van der Waals surface area contributed by atoms with Gasteiger partial charge in [-0.15, -0.1) is 5.10 Å². The molecule has 4 aromatic rings. The summed E-state index contributed by atoms with van der Waals surface area (Å²) in [6.45, 7) is 5.82. The first-order valence-corrected chi connectivity index (χ1v) is 11.5. The van der Waals surface area contributed by atoms with Crippen LogP contribution in [-0.2, 0) is 5.41 Å². The number of ketones is 1. The molecule has 2 aliphatic carbocycles. The van der Waals surface area contributed by atoms with E-state index in [1.54, 1.807) is 24.5 Å². The molecule has 1 fully saturated rings. The quantitative estimate of drug-likeness (QED) is 0.397. The van der Waals surface area contributed by atoms with Crippen LogP contribution in [0.4, 0.5) is 8.78 Å². The first-order chi connectivity index (χ1) is 16.7. The Kier molecular flexibility index (Phi) is 4.52. The molecule has 0 unspecified atom stereocenters. The molecule has 3 aromatic heterocycles. The number of fused-ring (bicyclic) bond motifs is 5. The van der Waals surface area contributed by atoms with Crippen molar-refractivity contribution in [2.75, 3.05) is 0 Å². The number of Topliss-reactive ketones (excluding diaryl/α,β-unsaturated/α-hetero) is 1. The predicted molar refractivity (Wildman–Crippen MR) is 123 cm³/mol. The Balaban J connectivity index is 1.50. The highest BCUT2D eigenvalue weighted by atomic mass is 19.1. The van der Waals surface area contributed by atoms with Crippen LogP contribution in [0.25, 0.3) is 17.2 Å². The molecule has 35 heavy (non-hydrogen) atoms. The van der Waals surface area contributed by atoms with E-state index in [1.165, 1.54) is 29.8 Å². The van der Waals surface area contributed by atoms with E-state index in [0.29, 0.717) is 11.6 Å². The number of aromatic nitrogens is 6. The van der Waals surface area contributed by atoms with Gasteiger partial charge in [0.05, 0.1) is 28.1 Å². The molecule has 2 atom stereocenters. The second-order valence-electron chi connectivity index (χ2n) is 9.79. The van der Waals surface area contributed by atoms with Gasteiger partial charge in [-0.2, -0.15) is 10.2 Å². The summed E-state index contributed by atoms with van der Waals surface area (Å²) in [5.41, 5.74) is 2.07. The van der Waals surface area contributed by atoms with Crippen molar-refractivity contribution in [2.45, 2.75) is 44.9 Å². The number of benzene rings is 1. The number of carbonyl (C=O) groups excluding carboxylic acids is 1. The summed E-state index contributed by atoms with van der Waals surface area (Å²) in [6, 6.07) is 9.07. The van der Waals surface area contributed by atoms with Crippen LogP contribution in [0.3, 0.4) is 0 Å². The SMILES string of the molecule is CC(=O)c1ccn(-c2nccc([C@@]34CC[C@@H](c5cc(-c6c(F)cccc6F)nnc53)C4(C)C)n2)n1. The van der Waals surface area contributed by atoms with Crippen LogP contribution < -0.4 is 0 Å². The first kappa shape index (κ1) is 21.6. The van der Waals surface area contributed by atoms with Crippen molar-refractivity contribution in [3.8, 4) is 17.2 Å². The lowest BCUT2D eigenvalue weighted by atomic mass is 9.66. The third-order valence-corrected chi connectivity index (χ3v) is 7.84. The lowest BCUT2D eigenvalue weighted by molar-refractivity contribution is 0.101. The van der Waals surface area contributed by atoms with Gasteiger partial charge in [-0.05, 0) is 60.1 Å².